The lowest BCUT2D eigenvalue weighted by Gasteiger charge is -2.25. The largest absolute Gasteiger partial charge is 0.468 e. The van der Waals surface area contributed by atoms with Crippen LogP contribution in [0.3, 0.4) is 0 Å². The highest BCUT2D eigenvalue weighted by Crippen LogP contribution is 2.17. The molecule has 0 amide bonds. The second-order valence-corrected chi connectivity index (χ2v) is 6.08. The molecule has 0 saturated heterocycles. The summed E-state index contributed by atoms with van der Waals surface area (Å²) in [6, 6.07) is 0. The molecule has 0 aliphatic carbocycles. The van der Waals surface area contributed by atoms with Crippen molar-refractivity contribution in [1.82, 2.24) is 5.32 Å². The number of thioether (sulfide) groups is 1. The van der Waals surface area contributed by atoms with Gasteiger partial charge in [-0.15, -0.1) is 0 Å². The Morgan fingerprint density at radius 2 is 1.83 bits per heavy atom. The maximum absolute atomic E-state index is 11.6. The first-order valence-corrected chi connectivity index (χ1v) is 8.11. The van der Waals surface area contributed by atoms with Crippen molar-refractivity contribution < 1.29 is 9.53 Å². The van der Waals surface area contributed by atoms with Gasteiger partial charge in [-0.05, 0) is 44.7 Å². The summed E-state index contributed by atoms with van der Waals surface area (Å²) in [6.45, 7) is 4.14. The molecule has 108 valence electrons. The van der Waals surface area contributed by atoms with Gasteiger partial charge in [-0.3, -0.25) is 4.79 Å². The number of likely N-dealkylation sites (N-methyl/N-ethyl adjacent to an activating group) is 1. The quantitative estimate of drug-likeness (QED) is 0.464. The summed E-state index contributed by atoms with van der Waals surface area (Å²) in [6.07, 6.45) is 7.04. The molecule has 0 aromatic carbocycles. The van der Waals surface area contributed by atoms with Gasteiger partial charge in [0, 0.05) is 0 Å². The zero-order valence-electron chi connectivity index (χ0n) is 12.4. The van der Waals surface area contributed by atoms with Gasteiger partial charge in [0.05, 0.1) is 7.11 Å². The SMILES string of the molecule is CCCCCSCCCCC(C)(NC)C(=O)OC. The van der Waals surface area contributed by atoms with Crippen LogP contribution in [0.15, 0.2) is 0 Å². The van der Waals surface area contributed by atoms with Crippen molar-refractivity contribution >= 4 is 17.7 Å². The van der Waals surface area contributed by atoms with E-state index >= 15 is 0 Å². The number of nitrogens with one attached hydrogen (secondary N) is 1. The highest BCUT2D eigenvalue weighted by atomic mass is 32.2. The molecule has 0 bridgehead atoms. The third-order valence-corrected chi connectivity index (χ3v) is 4.45. The number of rotatable bonds is 11. The van der Waals surface area contributed by atoms with Gasteiger partial charge in [-0.2, -0.15) is 11.8 Å². The molecule has 1 unspecified atom stereocenters. The summed E-state index contributed by atoms with van der Waals surface area (Å²) in [7, 11) is 3.26. The summed E-state index contributed by atoms with van der Waals surface area (Å²) in [5.74, 6) is 2.30. The molecule has 1 atom stereocenters. The average molecular weight is 275 g/mol. The molecule has 0 radical (unpaired) electrons. The monoisotopic (exact) mass is 275 g/mol. The molecule has 0 fully saturated rings. The fourth-order valence-corrected chi connectivity index (χ4v) is 2.81. The lowest BCUT2D eigenvalue weighted by Crippen LogP contribution is -2.48. The molecule has 0 aromatic rings. The van der Waals surface area contributed by atoms with Gasteiger partial charge in [0.15, 0.2) is 0 Å². The smallest absolute Gasteiger partial charge is 0.325 e. The highest BCUT2D eigenvalue weighted by Gasteiger charge is 2.31. The minimum atomic E-state index is -0.526. The van der Waals surface area contributed by atoms with Gasteiger partial charge < -0.3 is 10.1 Å². The zero-order valence-corrected chi connectivity index (χ0v) is 13.2. The van der Waals surface area contributed by atoms with Crippen LogP contribution in [-0.2, 0) is 9.53 Å². The number of ether oxygens (including phenoxy) is 1. The van der Waals surface area contributed by atoms with Crippen molar-refractivity contribution in [3.05, 3.63) is 0 Å². The topological polar surface area (TPSA) is 38.3 Å². The molecular weight excluding hydrogens is 246 g/mol. The highest BCUT2D eigenvalue weighted by molar-refractivity contribution is 7.99. The van der Waals surface area contributed by atoms with Gasteiger partial charge in [0.1, 0.15) is 5.54 Å². The fraction of sp³-hybridized carbons (Fsp3) is 0.929. The third-order valence-electron chi connectivity index (χ3n) is 3.30. The van der Waals surface area contributed by atoms with Gasteiger partial charge in [-0.25, -0.2) is 0 Å². The Bertz CT molecular complexity index is 224. The van der Waals surface area contributed by atoms with E-state index in [1.807, 2.05) is 25.7 Å². The van der Waals surface area contributed by atoms with Crippen LogP contribution in [0.5, 0.6) is 0 Å². The number of hydrogen-bond donors (Lipinski definition) is 1. The van der Waals surface area contributed by atoms with E-state index in [9.17, 15) is 4.79 Å². The van der Waals surface area contributed by atoms with Crippen molar-refractivity contribution in [3.63, 3.8) is 0 Å². The van der Waals surface area contributed by atoms with Crippen molar-refractivity contribution in [3.8, 4) is 0 Å². The normalized spacial score (nSPS) is 14.2. The standard InChI is InChI=1S/C14H29NO2S/c1-5-6-8-11-18-12-9-7-10-14(2,15-3)13(16)17-4/h15H,5-12H2,1-4H3. The Morgan fingerprint density at radius 1 is 1.22 bits per heavy atom. The maximum atomic E-state index is 11.6. The molecule has 4 heteroatoms. The van der Waals surface area contributed by atoms with E-state index in [1.165, 1.54) is 44.3 Å². The van der Waals surface area contributed by atoms with Crippen LogP contribution < -0.4 is 5.32 Å². The van der Waals surface area contributed by atoms with Crippen molar-refractivity contribution in [1.29, 1.82) is 0 Å². The zero-order chi connectivity index (χ0) is 13.9. The Hall–Kier alpha value is -0.220. The molecule has 0 aromatic heterocycles. The van der Waals surface area contributed by atoms with E-state index in [-0.39, 0.29) is 5.97 Å². The number of methoxy groups -OCH3 is 1. The van der Waals surface area contributed by atoms with Gasteiger partial charge >= 0.3 is 5.97 Å². The van der Waals surface area contributed by atoms with Crippen LogP contribution in [-0.4, -0.2) is 37.2 Å². The Kier molecular flexibility index (Phi) is 10.5. The molecule has 0 rings (SSSR count). The first-order valence-electron chi connectivity index (χ1n) is 6.95. The minimum Gasteiger partial charge on any atom is -0.468 e. The van der Waals surface area contributed by atoms with Crippen molar-refractivity contribution in [2.45, 2.75) is 57.9 Å². The Labute approximate surface area is 116 Å². The lowest BCUT2D eigenvalue weighted by atomic mass is 9.95. The Balaban J connectivity index is 3.60. The molecule has 0 heterocycles. The van der Waals surface area contributed by atoms with E-state index in [2.05, 4.69) is 12.2 Å². The predicted octanol–water partition coefficient (Wildman–Crippen LogP) is 3.23. The lowest BCUT2D eigenvalue weighted by molar-refractivity contribution is -0.148. The predicted molar refractivity (Wildman–Crippen MR) is 80.2 cm³/mol. The number of esters is 1. The molecule has 0 saturated carbocycles. The maximum Gasteiger partial charge on any atom is 0.325 e. The molecular formula is C14H29NO2S. The molecule has 0 spiro atoms. The second-order valence-electron chi connectivity index (χ2n) is 4.85. The average Bonchev–Trinajstić information content (AvgIpc) is 2.40. The van der Waals surface area contributed by atoms with E-state index in [0.29, 0.717) is 0 Å². The van der Waals surface area contributed by atoms with E-state index in [1.54, 1.807) is 0 Å². The number of carbonyl (C=O) groups is 1. The van der Waals surface area contributed by atoms with Crippen LogP contribution in [0.4, 0.5) is 0 Å². The van der Waals surface area contributed by atoms with Crippen LogP contribution >= 0.6 is 11.8 Å². The van der Waals surface area contributed by atoms with Crippen LogP contribution in [0.2, 0.25) is 0 Å². The van der Waals surface area contributed by atoms with Crippen molar-refractivity contribution in [2.75, 3.05) is 25.7 Å². The summed E-state index contributed by atoms with van der Waals surface area (Å²) in [5.41, 5.74) is -0.526. The minimum absolute atomic E-state index is 0.166. The van der Waals surface area contributed by atoms with Crippen LogP contribution in [0, 0.1) is 0 Å². The molecule has 3 nitrogen and oxygen atoms in total. The molecule has 1 N–H and O–H groups in total. The van der Waals surface area contributed by atoms with Gasteiger partial charge in [0.25, 0.3) is 0 Å². The summed E-state index contributed by atoms with van der Waals surface area (Å²) in [5, 5.41) is 3.07. The van der Waals surface area contributed by atoms with Gasteiger partial charge in [0.2, 0.25) is 0 Å². The number of unbranched alkanes of at least 4 members (excludes halogenated alkanes) is 3. The molecule has 18 heavy (non-hydrogen) atoms. The van der Waals surface area contributed by atoms with E-state index in [0.717, 1.165) is 12.8 Å². The van der Waals surface area contributed by atoms with E-state index in [4.69, 9.17) is 4.74 Å². The van der Waals surface area contributed by atoms with Gasteiger partial charge in [-0.1, -0.05) is 26.2 Å². The first-order chi connectivity index (χ1) is 8.60. The fourth-order valence-electron chi connectivity index (χ4n) is 1.79. The summed E-state index contributed by atoms with van der Waals surface area (Å²) in [4.78, 5) is 11.6. The number of carbonyl (C=O) groups excluding carboxylic acids is 1. The van der Waals surface area contributed by atoms with Crippen LogP contribution in [0.1, 0.15) is 52.4 Å². The van der Waals surface area contributed by atoms with Crippen molar-refractivity contribution in [2.24, 2.45) is 0 Å². The third kappa shape index (κ3) is 7.27. The Morgan fingerprint density at radius 3 is 2.33 bits per heavy atom. The second kappa shape index (κ2) is 10.7. The van der Waals surface area contributed by atoms with Crippen LogP contribution in [0.25, 0.3) is 0 Å². The molecule has 0 aliphatic heterocycles. The summed E-state index contributed by atoms with van der Waals surface area (Å²) >= 11 is 2.03. The molecule has 0 aliphatic rings. The van der Waals surface area contributed by atoms with E-state index < -0.39 is 5.54 Å². The summed E-state index contributed by atoms with van der Waals surface area (Å²) < 4.78 is 4.82. The number of hydrogen-bond acceptors (Lipinski definition) is 4. The first kappa shape index (κ1) is 17.8.